The minimum atomic E-state index is -0.710. The van der Waals surface area contributed by atoms with Gasteiger partial charge >= 0.3 is 6.16 Å². The number of ether oxygens (including phenoxy) is 2. The molecule has 0 saturated carbocycles. The monoisotopic (exact) mass is 354 g/mol. The second-order valence-electron chi connectivity index (χ2n) is 6.61. The molecule has 0 fully saturated rings. The quantitative estimate of drug-likeness (QED) is 0.269. The number of carbonyl (C=O) groups is 1. The summed E-state index contributed by atoms with van der Waals surface area (Å²) in [4.78, 5) is 11.9. The zero-order chi connectivity index (χ0) is 18.6. The van der Waals surface area contributed by atoms with E-state index >= 15 is 0 Å². The van der Waals surface area contributed by atoms with Crippen LogP contribution in [0.1, 0.15) is 63.5 Å². The molecule has 3 nitrogen and oxygen atoms in total. The molecule has 0 unspecified atom stereocenters. The second-order valence-corrected chi connectivity index (χ2v) is 6.61. The fourth-order valence-corrected chi connectivity index (χ4v) is 2.84. The number of aryl methyl sites for hydroxylation is 2. The Hall–Kier alpha value is -2.29. The van der Waals surface area contributed by atoms with Gasteiger partial charge in [0.15, 0.2) is 0 Å². The Bertz CT molecular complexity index is 644. The Kier molecular flexibility index (Phi) is 8.74. The topological polar surface area (TPSA) is 35.5 Å². The van der Waals surface area contributed by atoms with Crippen molar-refractivity contribution < 1.29 is 14.3 Å². The molecule has 0 aliphatic heterocycles. The van der Waals surface area contributed by atoms with Gasteiger partial charge in [-0.2, -0.15) is 0 Å². The van der Waals surface area contributed by atoms with Gasteiger partial charge < -0.3 is 9.47 Å². The number of carbonyl (C=O) groups excluding carboxylic acids is 1. The molecule has 0 bridgehead atoms. The van der Waals surface area contributed by atoms with Gasteiger partial charge in [-0.25, -0.2) is 4.79 Å². The van der Waals surface area contributed by atoms with Crippen molar-refractivity contribution in [1.29, 1.82) is 0 Å². The average Bonchev–Trinajstić information content (AvgIpc) is 2.66. The molecule has 2 aromatic carbocycles. The van der Waals surface area contributed by atoms with Crippen LogP contribution in [-0.4, -0.2) is 6.16 Å². The van der Waals surface area contributed by atoms with Gasteiger partial charge in [-0.3, -0.25) is 0 Å². The Morgan fingerprint density at radius 1 is 0.692 bits per heavy atom. The molecule has 2 aromatic rings. The first-order chi connectivity index (χ1) is 12.7. The molecule has 0 radical (unpaired) electrons. The summed E-state index contributed by atoms with van der Waals surface area (Å²) in [6.45, 7) is 4.32. The molecule has 26 heavy (non-hydrogen) atoms. The smallest absolute Gasteiger partial charge is 0.395 e. The molecule has 0 saturated heterocycles. The predicted octanol–water partition coefficient (Wildman–Crippen LogP) is 6.73. The van der Waals surface area contributed by atoms with Crippen molar-refractivity contribution in [1.82, 2.24) is 0 Å². The number of hydrogen-bond donors (Lipinski definition) is 0. The van der Waals surface area contributed by atoms with Crippen LogP contribution in [0.15, 0.2) is 48.5 Å². The summed E-state index contributed by atoms with van der Waals surface area (Å²) in [6, 6.07) is 15.1. The maximum atomic E-state index is 11.9. The van der Waals surface area contributed by atoms with Crippen LogP contribution in [0.3, 0.4) is 0 Å². The molecule has 3 heteroatoms. The van der Waals surface area contributed by atoms with Gasteiger partial charge in [0, 0.05) is 0 Å². The average molecular weight is 354 g/mol. The summed E-state index contributed by atoms with van der Waals surface area (Å²) in [5.41, 5.74) is 2.48. The van der Waals surface area contributed by atoms with E-state index < -0.39 is 6.16 Å². The summed E-state index contributed by atoms with van der Waals surface area (Å²) in [5, 5.41) is 0. The fraction of sp³-hybridized carbons (Fsp3) is 0.435. The number of hydrogen-bond acceptors (Lipinski definition) is 3. The van der Waals surface area contributed by atoms with Crippen molar-refractivity contribution in [3.8, 4) is 11.5 Å². The van der Waals surface area contributed by atoms with Crippen molar-refractivity contribution in [3.05, 3.63) is 59.7 Å². The minimum absolute atomic E-state index is 0.492. The molecule has 0 N–H and O–H groups in total. The minimum Gasteiger partial charge on any atom is -0.395 e. The van der Waals surface area contributed by atoms with Crippen LogP contribution in [0.2, 0.25) is 0 Å². The first-order valence-electron chi connectivity index (χ1n) is 9.78. The van der Waals surface area contributed by atoms with E-state index in [0.29, 0.717) is 11.5 Å². The molecule has 0 atom stereocenters. The van der Waals surface area contributed by atoms with Gasteiger partial charge in [0.05, 0.1) is 0 Å². The summed E-state index contributed by atoms with van der Waals surface area (Å²) in [7, 11) is 0. The van der Waals surface area contributed by atoms with Crippen molar-refractivity contribution in [3.63, 3.8) is 0 Å². The van der Waals surface area contributed by atoms with Gasteiger partial charge in [-0.05, 0) is 54.7 Å². The first kappa shape index (κ1) is 20.0. The molecule has 140 valence electrons. The molecular weight excluding hydrogens is 324 g/mol. The standard InChI is InChI=1S/C23H30O3/c1-3-5-6-7-8-9-10-20-13-17-22(18-14-20)26-23(24)25-21-15-11-19(4-2)12-16-21/h11-18H,3-10H2,1-2H3. The highest BCUT2D eigenvalue weighted by Crippen LogP contribution is 2.17. The lowest BCUT2D eigenvalue weighted by Crippen LogP contribution is -2.13. The van der Waals surface area contributed by atoms with Crippen molar-refractivity contribution in [2.45, 2.75) is 65.2 Å². The van der Waals surface area contributed by atoms with E-state index in [9.17, 15) is 4.79 Å². The molecule has 0 aliphatic rings. The largest absolute Gasteiger partial charge is 0.519 e. The van der Waals surface area contributed by atoms with E-state index in [-0.39, 0.29) is 0 Å². The number of rotatable bonds is 10. The SMILES string of the molecule is CCCCCCCCc1ccc(OC(=O)Oc2ccc(CC)cc2)cc1. The van der Waals surface area contributed by atoms with E-state index in [1.54, 1.807) is 12.1 Å². The molecule has 2 rings (SSSR count). The highest BCUT2D eigenvalue weighted by molar-refractivity contribution is 5.67. The lowest BCUT2D eigenvalue weighted by atomic mass is 10.1. The third-order valence-corrected chi connectivity index (χ3v) is 4.48. The lowest BCUT2D eigenvalue weighted by molar-refractivity contribution is 0.152. The van der Waals surface area contributed by atoms with Crippen LogP contribution in [0, 0.1) is 0 Å². The van der Waals surface area contributed by atoms with Crippen molar-refractivity contribution in [2.75, 3.05) is 0 Å². The molecule has 0 amide bonds. The van der Waals surface area contributed by atoms with E-state index in [4.69, 9.17) is 9.47 Å². The molecular formula is C23H30O3. The Labute approximate surface area is 157 Å². The third kappa shape index (κ3) is 7.30. The lowest BCUT2D eigenvalue weighted by Gasteiger charge is -2.07. The van der Waals surface area contributed by atoms with E-state index in [1.165, 1.54) is 49.7 Å². The van der Waals surface area contributed by atoms with E-state index in [0.717, 1.165) is 12.8 Å². The van der Waals surface area contributed by atoms with Gasteiger partial charge in [0.2, 0.25) is 0 Å². The second kappa shape index (κ2) is 11.3. The highest BCUT2D eigenvalue weighted by atomic mass is 16.7. The summed E-state index contributed by atoms with van der Waals surface area (Å²) in [5.74, 6) is 0.999. The van der Waals surface area contributed by atoms with Crippen LogP contribution < -0.4 is 9.47 Å². The van der Waals surface area contributed by atoms with Gasteiger partial charge in [0.1, 0.15) is 11.5 Å². The highest BCUT2D eigenvalue weighted by Gasteiger charge is 2.08. The predicted molar refractivity (Wildman–Crippen MR) is 106 cm³/mol. The zero-order valence-corrected chi connectivity index (χ0v) is 16.0. The molecule has 0 aromatic heterocycles. The summed E-state index contributed by atoms with van der Waals surface area (Å²) >= 11 is 0. The Morgan fingerprint density at radius 2 is 1.19 bits per heavy atom. The van der Waals surface area contributed by atoms with Gasteiger partial charge in [0.25, 0.3) is 0 Å². The first-order valence-corrected chi connectivity index (χ1v) is 9.78. The van der Waals surface area contributed by atoms with Crippen LogP contribution in [-0.2, 0) is 12.8 Å². The van der Waals surface area contributed by atoms with Crippen LogP contribution in [0.4, 0.5) is 4.79 Å². The normalized spacial score (nSPS) is 10.5. The Balaban J connectivity index is 1.72. The van der Waals surface area contributed by atoms with Crippen LogP contribution >= 0.6 is 0 Å². The number of unbranched alkanes of at least 4 members (excludes halogenated alkanes) is 5. The Morgan fingerprint density at radius 3 is 1.73 bits per heavy atom. The van der Waals surface area contributed by atoms with Gasteiger partial charge in [-0.1, -0.05) is 70.2 Å². The summed E-state index contributed by atoms with van der Waals surface area (Å²) < 4.78 is 10.4. The van der Waals surface area contributed by atoms with Crippen molar-refractivity contribution >= 4 is 6.16 Å². The molecule has 0 heterocycles. The van der Waals surface area contributed by atoms with Crippen molar-refractivity contribution in [2.24, 2.45) is 0 Å². The fourth-order valence-electron chi connectivity index (χ4n) is 2.84. The molecule has 0 spiro atoms. The number of benzene rings is 2. The maximum absolute atomic E-state index is 11.9. The van der Waals surface area contributed by atoms with Crippen LogP contribution in [0.25, 0.3) is 0 Å². The summed E-state index contributed by atoms with van der Waals surface area (Å²) in [6.07, 6.45) is 9.08. The third-order valence-electron chi connectivity index (χ3n) is 4.48. The maximum Gasteiger partial charge on any atom is 0.519 e. The van der Waals surface area contributed by atoms with Crippen LogP contribution in [0.5, 0.6) is 11.5 Å². The zero-order valence-electron chi connectivity index (χ0n) is 16.0. The van der Waals surface area contributed by atoms with E-state index in [2.05, 4.69) is 13.8 Å². The van der Waals surface area contributed by atoms with Gasteiger partial charge in [-0.15, -0.1) is 0 Å². The molecule has 0 aliphatic carbocycles. The van der Waals surface area contributed by atoms with E-state index in [1.807, 2.05) is 36.4 Å².